The summed E-state index contributed by atoms with van der Waals surface area (Å²) < 4.78 is 25.8. The topological polar surface area (TPSA) is 162 Å². The smallest absolute Gasteiger partial charge is 0.335 e. The van der Waals surface area contributed by atoms with E-state index in [0.717, 1.165) is 48.5 Å². The molecule has 222 valence electrons. The van der Waals surface area contributed by atoms with Gasteiger partial charge in [-0.05, 0) is 43.2 Å². The van der Waals surface area contributed by atoms with Gasteiger partial charge >= 0.3 is 5.97 Å². The van der Waals surface area contributed by atoms with Gasteiger partial charge in [-0.1, -0.05) is 6.07 Å². The Labute approximate surface area is 247 Å². The molecular weight excluding hydrogens is 553 g/mol. The van der Waals surface area contributed by atoms with Gasteiger partial charge in [0.2, 0.25) is 5.88 Å². The fourth-order valence-corrected chi connectivity index (χ4v) is 5.33. The third-order valence-electron chi connectivity index (χ3n) is 7.75. The highest BCUT2D eigenvalue weighted by Crippen LogP contribution is 2.26. The normalized spacial score (nSPS) is 14.0. The SMILES string of the molecule is Cn1cncc1Cn1c(CN2CCC(n3ccc(OCc4ccc(C#N)cc4F)n3)CC2)nc2ccc(C(=O)O)cc21.N. The Morgan fingerprint density at radius 1 is 1.16 bits per heavy atom. The second-order valence-electron chi connectivity index (χ2n) is 10.5. The van der Waals surface area contributed by atoms with E-state index >= 15 is 0 Å². The Balaban J connectivity index is 0.00000368. The number of carboxylic acid groups (broad SMARTS) is 1. The molecule has 43 heavy (non-hydrogen) atoms. The van der Waals surface area contributed by atoms with E-state index in [1.807, 2.05) is 34.8 Å². The van der Waals surface area contributed by atoms with Crippen molar-refractivity contribution in [3.8, 4) is 11.9 Å². The molecule has 3 aromatic heterocycles. The van der Waals surface area contributed by atoms with Crippen molar-refractivity contribution in [2.24, 2.45) is 7.05 Å². The lowest BCUT2D eigenvalue weighted by Gasteiger charge is -2.31. The van der Waals surface area contributed by atoms with Gasteiger partial charge in [0.15, 0.2) is 0 Å². The van der Waals surface area contributed by atoms with Gasteiger partial charge < -0.3 is 25.1 Å². The second kappa shape index (κ2) is 12.4. The number of nitrogens with zero attached hydrogens (tertiary/aromatic N) is 8. The minimum Gasteiger partial charge on any atom is -0.478 e. The highest BCUT2D eigenvalue weighted by atomic mass is 19.1. The number of carboxylic acids is 1. The third kappa shape index (κ3) is 6.25. The molecule has 5 aromatic rings. The number of aromatic carboxylic acids is 1. The van der Waals surface area contributed by atoms with Crippen LogP contribution in [0.1, 0.15) is 51.9 Å². The molecule has 13 heteroatoms. The Kier molecular flexibility index (Phi) is 8.51. The van der Waals surface area contributed by atoms with Crippen molar-refractivity contribution in [3.05, 3.63) is 95.2 Å². The first-order valence-corrected chi connectivity index (χ1v) is 13.6. The van der Waals surface area contributed by atoms with Crippen molar-refractivity contribution in [3.63, 3.8) is 0 Å². The zero-order chi connectivity index (χ0) is 29.2. The third-order valence-corrected chi connectivity index (χ3v) is 7.75. The number of hydrogen-bond acceptors (Lipinski definition) is 8. The van der Waals surface area contributed by atoms with E-state index in [-0.39, 0.29) is 29.9 Å². The van der Waals surface area contributed by atoms with Gasteiger partial charge in [-0.2, -0.15) is 5.26 Å². The summed E-state index contributed by atoms with van der Waals surface area (Å²) in [6.07, 6.45) is 7.22. The first kappa shape index (κ1) is 29.4. The largest absolute Gasteiger partial charge is 0.478 e. The fourth-order valence-electron chi connectivity index (χ4n) is 5.33. The van der Waals surface area contributed by atoms with Crippen molar-refractivity contribution >= 4 is 17.0 Å². The lowest BCUT2D eigenvalue weighted by Crippen LogP contribution is -2.35. The van der Waals surface area contributed by atoms with Gasteiger partial charge in [0.25, 0.3) is 0 Å². The van der Waals surface area contributed by atoms with Crippen LogP contribution in [0.3, 0.4) is 0 Å². The standard InChI is InChI=1S/C30H29FN8O3.H3N/c1-36-19-33-15-24(36)16-38-27-13-21(30(40)41)4-5-26(27)34-28(38)17-37-9-6-23(7-10-37)39-11-8-29(35-39)42-18-22-3-2-20(14-32)12-25(22)31;/h2-5,8,11-13,15,19,23H,6-7,9-10,16-18H2,1H3,(H,40,41);1H3. The van der Waals surface area contributed by atoms with Crippen LogP contribution in [0.4, 0.5) is 4.39 Å². The number of hydrogen-bond donors (Lipinski definition) is 2. The van der Waals surface area contributed by atoms with Crippen LogP contribution in [0.2, 0.25) is 0 Å². The first-order chi connectivity index (χ1) is 20.4. The highest BCUT2D eigenvalue weighted by molar-refractivity contribution is 5.92. The predicted octanol–water partition coefficient (Wildman–Crippen LogP) is 4.30. The molecule has 0 unspecified atom stereocenters. The van der Waals surface area contributed by atoms with Gasteiger partial charge in [0.05, 0.1) is 59.4 Å². The summed E-state index contributed by atoms with van der Waals surface area (Å²) >= 11 is 0. The molecular formula is C30H32FN9O3. The van der Waals surface area contributed by atoms with Crippen LogP contribution in [-0.4, -0.2) is 57.9 Å². The number of nitriles is 1. The van der Waals surface area contributed by atoms with Gasteiger partial charge in [-0.15, -0.1) is 5.10 Å². The summed E-state index contributed by atoms with van der Waals surface area (Å²) in [6, 6.07) is 13.3. The molecule has 1 saturated heterocycles. The molecule has 2 aromatic carbocycles. The molecule has 12 nitrogen and oxygen atoms in total. The molecule has 4 N–H and O–H groups in total. The molecule has 4 heterocycles. The molecule has 0 spiro atoms. The number of aromatic nitrogens is 6. The molecule has 0 aliphatic carbocycles. The Morgan fingerprint density at radius 3 is 2.67 bits per heavy atom. The summed E-state index contributed by atoms with van der Waals surface area (Å²) in [4.78, 5) is 23.1. The van der Waals surface area contributed by atoms with Crippen LogP contribution < -0.4 is 10.9 Å². The molecule has 0 atom stereocenters. The number of halogens is 1. The van der Waals surface area contributed by atoms with Crippen LogP contribution in [0.15, 0.2) is 61.2 Å². The number of fused-ring (bicyclic) bond motifs is 1. The quantitative estimate of drug-likeness (QED) is 0.257. The lowest BCUT2D eigenvalue weighted by molar-refractivity contribution is 0.0697. The number of piperidine rings is 1. The van der Waals surface area contributed by atoms with Gasteiger partial charge in [-0.25, -0.2) is 19.2 Å². The van der Waals surface area contributed by atoms with E-state index in [4.69, 9.17) is 15.0 Å². The van der Waals surface area contributed by atoms with Gasteiger partial charge in [-0.3, -0.25) is 9.58 Å². The van der Waals surface area contributed by atoms with Crippen molar-refractivity contribution < 1.29 is 19.0 Å². The number of benzene rings is 2. The molecule has 6 rings (SSSR count). The number of likely N-dealkylation sites (tertiary alicyclic amines) is 1. The number of carbonyl (C=O) groups is 1. The average molecular weight is 586 g/mol. The Hall–Kier alpha value is -5.06. The highest BCUT2D eigenvalue weighted by Gasteiger charge is 2.24. The zero-order valence-corrected chi connectivity index (χ0v) is 23.7. The van der Waals surface area contributed by atoms with Crippen molar-refractivity contribution in [2.75, 3.05) is 13.1 Å². The van der Waals surface area contributed by atoms with E-state index < -0.39 is 11.8 Å². The number of imidazole rings is 2. The van der Waals surface area contributed by atoms with E-state index in [1.165, 1.54) is 6.07 Å². The molecule has 1 aliphatic rings. The van der Waals surface area contributed by atoms with E-state index in [0.29, 0.717) is 24.5 Å². The summed E-state index contributed by atoms with van der Waals surface area (Å²) in [5.41, 5.74) is 3.40. The fraction of sp³-hybridized carbons (Fsp3) is 0.300. The van der Waals surface area contributed by atoms with Gasteiger partial charge in [0.1, 0.15) is 18.2 Å². The summed E-state index contributed by atoms with van der Waals surface area (Å²) in [6.45, 7) is 2.87. The van der Waals surface area contributed by atoms with Crippen molar-refractivity contribution in [2.45, 2.75) is 38.6 Å². The number of aryl methyl sites for hydroxylation is 1. The Morgan fingerprint density at radius 2 is 1.98 bits per heavy atom. The Bertz CT molecular complexity index is 1790. The lowest BCUT2D eigenvalue weighted by atomic mass is 10.1. The summed E-state index contributed by atoms with van der Waals surface area (Å²) in [5, 5.41) is 23.0. The molecule has 0 bridgehead atoms. The summed E-state index contributed by atoms with van der Waals surface area (Å²) in [5.74, 6) is -0.151. The maximum atomic E-state index is 14.2. The number of ether oxygens (including phenoxy) is 1. The van der Waals surface area contributed by atoms with Crippen LogP contribution >= 0.6 is 0 Å². The van der Waals surface area contributed by atoms with Crippen molar-refractivity contribution in [1.29, 1.82) is 5.26 Å². The van der Waals surface area contributed by atoms with E-state index in [1.54, 1.807) is 42.7 Å². The van der Waals surface area contributed by atoms with Crippen LogP contribution in [-0.2, 0) is 26.7 Å². The number of rotatable bonds is 9. The van der Waals surface area contributed by atoms with Gasteiger partial charge in [0, 0.05) is 44.2 Å². The maximum Gasteiger partial charge on any atom is 0.335 e. The van der Waals surface area contributed by atoms with E-state index in [2.05, 4.69) is 19.5 Å². The zero-order valence-electron chi connectivity index (χ0n) is 23.7. The molecule has 0 saturated carbocycles. The van der Waals surface area contributed by atoms with E-state index in [9.17, 15) is 14.3 Å². The minimum atomic E-state index is -0.970. The second-order valence-corrected chi connectivity index (χ2v) is 10.5. The van der Waals surface area contributed by atoms with Crippen LogP contribution in [0, 0.1) is 17.1 Å². The maximum absolute atomic E-state index is 14.2. The first-order valence-electron chi connectivity index (χ1n) is 13.6. The monoisotopic (exact) mass is 585 g/mol. The molecule has 1 aliphatic heterocycles. The molecule has 0 radical (unpaired) electrons. The van der Waals surface area contributed by atoms with Crippen LogP contribution in [0.25, 0.3) is 11.0 Å². The average Bonchev–Trinajstić information content (AvgIpc) is 3.72. The molecule has 1 fully saturated rings. The minimum absolute atomic E-state index is 0. The molecule has 0 amide bonds. The van der Waals surface area contributed by atoms with Crippen LogP contribution in [0.5, 0.6) is 5.88 Å². The predicted molar refractivity (Wildman–Crippen MR) is 155 cm³/mol. The van der Waals surface area contributed by atoms with Crippen molar-refractivity contribution in [1.82, 2.24) is 39.9 Å². The summed E-state index contributed by atoms with van der Waals surface area (Å²) in [7, 11) is 1.94.